The zero-order chi connectivity index (χ0) is 20.6. The van der Waals surface area contributed by atoms with E-state index in [0.717, 1.165) is 24.4 Å². The molecule has 2 saturated heterocycles. The number of rotatable bonds is 4. The summed E-state index contributed by atoms with van der Waals surface area (Å²) in [6, 6.07) is 7.99. The van der Waals surface area contributed by atoms with E-state index in [1.54, 1.807) is 7.11 Å². The van der Waals surface area contributed by atoms with Gasteiger partial charge in [0.15, 0.2) is 0 Å². The molecule has 158 valence electrons. The largest absolute Gasteiger partial charge is 0.497 e. The third-order valence-electron chi connectivity index (χ3n) is 4.65. The van der Waals surface area contributed by atoms with Crippen LogP contribution in [0, 0.1) is 0 Å². The third kappa shape index (κ3) is 6.42. The summed E-state index contributed by atoms with van der Waals surface area (Å²) >= 11 is 0. The molecular formula is C18H28N2O7S. The van der Waals surface area contributed by atoms with E-state index in [4.69, 9.17) is 24.1 Å². The molecule has 2 aliphatic heterocycles. The summed E-state index contributed by atoms with van der Waals surface area (Å²) in [5.74, 6) is 0.835. The van der Waals surface area contributed by atoms with Gasteiger partial charge in [-0.1, -0.05) is 12.1 Å². The Labute approximate surface area is 165 Å². The lowest BCUT2D eigenvalue weighted by atomic mass is 10.0. The molecule has 3 rings (SSSR count). The molecule has 1 spiro atoms. The van der Waals surface area contributed by atoms with Gasteiger partial charge in [-0.05, 0) is 17.7 Å². The van der Waals surface area contributed by atoms with Gasteiger partial charge in [-0.25, -0.2) is 8.42 Å². The fourth-order valence-corrected chi connectivity index (χ4v) is 4.30. The van der Waals surface area contributed by atoms with Crippen molar-refractivity contribution in [1.29, 1.82) is 0 Å². The summed E-state index contributed by atoms with van der Waals surface area (Å²) in [4.78, 5) is 10.6. The van der Waals surface area contributed by atoms with Crippen molar-refractivity contribution >= 4 is 16.5 Å². The van der Waals surface area contributed by atoms with Gasteiger partial charge in [0.1, 0.15) is 11.4 Å². The predicted octanol–water partition coefficient (Wildman–Crippen LogP) is 0.259. The highest BCUT2D eigenvalue weighted by Crippen LogP contribution is 2.25. The molecule has 1 atom stereocenters. The summed E-state index contributed by atoms with van der Waals surface area (Å²) in [6.45, 7) is 4.03. The highest BCUT2D eigenvalue weighted by molar-refractivity contribution is 7.88. The van der Waals surface area contributed by atoms with Crippen molar-refractivity contribution in [1.82, 2.24) is 9.21 Å². The number of hydrogen-bond acceptors (Lipinski definition) is 7. The molecule has 0 radical (unpaired) electrons. The Bertz CT molecular complexity index is 743. The van der Waals surface area contributed by atoms with Crippen molar-refractivity contribution in [2.75, 3.05) is 59.4 Å². The van der Waals surface area contributed by atoms with Crippen molar-refractivity contribution in [3.05, 3.63) is 29.8 Å². The van der Waals surface area contributed by atoms with E-state index in [-0.39, 0.29) is 6.47 Å². The van der Waals surface area contributed by atoms with Gasteiger partial charge in [-0.2, -0.15) is 4.31 Å². The number of sulfonamides is 1. The molecule has 1 N–H and O–H groups in total. The lowest BCUT2D eigenvalue weighted by molar-refractivity contribution is -0.139. The van der Waals surface area contributed by atoms with E-state index >= 15 is 0 Å². The molecule has 2 aliphatic rings. The minimum Gasteiger partial charge on any atom is -0.497 e. The van der Waals surface area contributed by atoms with Crippen molar-refractivity contribution in [2.24, 2.45) is 0 Å². The zero-order valence-electron chi connectivity index (χ0n) is 16.2. The first-order valence-corrected chi connectivity index (χ1v) is 10.8. The lowest BCUT2D eigenvalue weighted by Crippen LogP contribution is -2.58. The van der Waals surface area contributed by atoms with Crippen LogP contribution in [0.5, 0.6) is 5.75 Å². The first-order valence-electron chi connectivity index (χ1n) is 8.92. The Kier molecular flexibility index (Phi) is 8.20. The highest BCUT2D eigenvalue weighted by atomic mass is 32.2. The number of morpholine rings is 1. The standard InChI is InChI=1S/C17H26N2O5S.CH2O2/c1-22-16-5-3-4-15(10-16)11-18-6-9-24-17(12-18)13-19(25(2,20)21)7-8-23-14-17;2-1-3/h3-5,10H,6-9,11-14H2,1-2H3;1H,(H,2,3). The molecule has 0 saturated carbocycles. The molecule has 0 amide bonds. The summed E-state index contributed by atoms with van der Waals surface area (Å²) in [6.07, 6.45) is 1.24. The summed E-state index contributed by atoms with van der Waals surface area (Å²) in [5, 5.41) is 6.89. The number of nitrogens with zero attached hydrogens (tertiary/aromatic N) is 2. The molecular weight excluding hydrogens is 388 g/mol. The van der Waals surface area contributed by atoms with Gasteiger partial charge in [-0.15, -0.1) is 0 Å². The molecule has 1 aromatic carbocycles. The Balaban J connectivity index is 0.000000878. The molecule has 0 aromatic heterocycles. The maximum atomic E-state index is 12.0. The molecule has 2 fully saturated rings. The Morgan fingerprint density at radius 1 is 1.29 bits per heavy atom. The molecule has 0 bridgehead atoms. The van der Waals surface area contributed by atoms with Gasteiger partial charge in [0.2, 0.25) is 10.0 Å². The fraction of sp³-hybridized carbons (Fsp3) is 0.611. The summed E-state index contributed by atoms with van der Waals surface area (Å²) in [7, 11) is -1.61. The first-order chi connectivity index (χ1) is 13.3. The van der Waals surface area contributed by atoms with Crippen LogP contribution in [-0.4, -0.2) is 94.2 Å². The van der Waals surface area contributed by atoms with Crippen LogP contribution in [0.4, 0.5) is 0 Å². The van der Waals surface area contributed by atoms with Gasteiger partial charge in [-0.3, -0.25) is 9.69 Å². The molecule has 10 heteroatoms. The van der Waals surface area contributed by atoms with E-state index < -0.39 is 15.6 Å². The van der Waals surface area contributed by atoms with Crippen molar-refractivity contribution in [2.45, 2.75) is 12.1 Å². The SMILES string of the molecule is COc1cccc(CN2CCOC3(COCCN(S(C)(=O)=O)C3)C2)c1.O=CO. The fourth-order valence-electron chi connectivity index (χ4n) is 3.42. The second-order valence-corrected chi connectivity index (χ2v) is 8.83. The summed E-state index contributed by atoms with van der Waals surface area (Å²) in [5.41, 5.74) is 0.544. The smallest absolute Gasteiger partial charge is 0.290 e. The first kappa shape index (κ1) is 22.6. The van der Waals surface area contributed by atoms with E-state index in [9.17, 15) is 8.42 Å². The maximum absolute atomic E-state index is 12.0. The predicted molar refractivity (Wildman–Crippen MR) is 103 cm³/mol. The van der Waals surface area contributed by atoms with Crippen molar-refractivity contribution in [3.63, 3.8) is 0 Å². The number of methoxy groups -OCH3 is 1. The van der Waals surface area contributed by atoms with Crippen LogP contribution < -0.4 is 4.74 Å². The molecule has 28 heavy (non-hydrogen) atoms. The lowest BCUT2D eigenvalue weighted by Gasteiger charge is -2.43. The van der Waals surface area contributed by atoms with Gasteiger partial charge in [0, 0.05) is 32.7 Å². The maximum Gasteiger partial charge on any atom is 0.290 e. The quantitative estimate of drug-likeness (QED) is 0.697. The highest BCUT2D eigenvalue weighted by Gasteiger charge is 2.42. The van der Waals surface area contributed by atoms with Crippen molar-refractivity contribution in [3.8, 4) is 5.75 Å². The molecule has 1 aromatic rings. The van der Waals surface area contributed by atoms with E-state index in [1.807, 2.05) is 18.2 Å². The Morgan fingerprint density at radius 3 is 2.71 bits per heavy atom. The van der Waals surface area contributed by atoms with Crippen LogP contribution in [0.1, 0.15) is 5.56 Å². The number of hydrogen-bond donors (Lipinski definition) is 1. The monoisotopic (exact) mass is 416 g/mol. The topological polar surface area (TPSA) is 106 Å². The van der Waals surface area contributed by atoms with Gasteiger partial charge < -0.3 is 19.3 Å². The van der Waals surface area contributed by atoms with Crippen LogP contribution in [0.2, 0.25) is 0 Å². The van der Waals surface area contributed by atoms with Gasteiger partial charge in [0.25, 0.3) is 6.47 Å². The van der Waals surface area contributed by atoms with Gasteiger partial charge >= 0.3 is 0 Å². The van der Waals surface area contributed by atoms with E-state index in [1.165, 1.54) is 10.6 Å². The Morgan fingerprint density at radius 2 is 2.04 bits per heavy atom. The number of carboxylic acid groups (broad SMARTS) is 1. The summed E-state index contributed by atoms with van der Waals surface area (Å²) < 4.78 is 42.4. The third-order valence-corrected chi connectivity index (χ3v) is 5.90. The second kappa shape index (κ2) is 10.2. The number of carbonyl (C=O) groups is 1. The normalized spacial score (nSPS) is 24.1. The Hall–Kier alpha value is -1.72. The zero-order valence-corrected chi connectivity index (χ0v) is 17.1. The average molecular weight is 416 g/mol. The van der Waals surface area contributed by atoms with Crippen molar-refractivity contribution < 1.29 is 32.5 Å². The van der Waals surface area contributed by atoms with Crippen LogP contribution in [0.15, 0.2) is 24.3 Å². The van der Waals surface area contributed by atoms with Crippen LogP contribution in [0.3, 0.4) is 0 Å². The molecule has 9 nitrogen and oxygen atoms in total. The van der Waals surface area contributed by atoms with Crippen LogP contribution in [-0.2, 0) is 30.8 Å². The van der Waals surface area contributed by atoms with E-state index in [2.05, 4.69) is 11.0 Å². The average Bonchev–Trinajstić information content (AvgIpc) is 2.85. The van der Waals surface area contributed by atoms with Gasteiger partial charge in [0.05, 0.1) is 33.2 Å². The minimum atomic E-state index is -3.27. The van der Waals surface area contributed by atoms with Crippen LogP contribution in [0.25, 0.3) is 0 Å². The number of benzene rings is 1. The number of ether oxygens (including phenoxy) is 3. The molecule has 2 heterocycles. The van der Waals surface area contributed by atoms with Crippen LogP contribution >= 0.6 is 0 Å². The minimum absolute atomic E-state index is 0.250. The molecule has 1 unspecified atom stereocenters. The van der Waals surface area contributed by atoms with E-state index in [0.29, 0.717) is 39.5 Å². The second-order valence-electron chi connectivity index (χ2n) is 6.85. The molecule has 0 aliphatic carbocycles.